The highest BCUT2D eigenvalue weighted by Crippen LogP contribution is 2.40. The van der Waals surface area contributed by atoms with E-state index in [0.717, 1.165) is 37.9 Å². The van der Waals surface area contributed by atoms with Crippen molar-refractivity contribution in [2.24, 2.45) is 5.92 Å². The number of methoxy groups -OCH3 is 1. The second-order valence-corrected chi connectivity index (χ2v) is 7.52. The van der Waals surface area contributed by atoms with E-state index in [4.69, 9.17) is 9.47 Å². The number of carbonyl (C=O) groups excluding carboxylic acids is 2. The van der Waals surface area contributed by atoms with E-state index in [1.807, 2.05) is 6.92 Å². The third-order valence-electron chi connectivity index (χ3n) is 4.85. The number of hydrogen-bond donors (Lipinski definition) is 0. The van der Waals surface area contributed by atoms with E-state index in [1.54, 1.807) is 23.3 Å². The Kier molecular flexibility index (Phi) is 5.43. The first-order valence-corrected chi connectivity index (χ1v) is 9.61. The zero-order valence-electron chi connectivity index (χ0n) is 14.4. The first kappa shape index (κ1) is 17.3. The topological polar surface area (TPSA) is 55.8 Å². The molecule has 1 atom stereocenters. The van der Waals surface area contributed by atoms with Crippen LogP contribution in [0.15, 0.2) is 0 Å². The lowest BCUT2D eigenvalue weighted by Gasteiger charge is -2.31. The van der Waals surface area contributed by atoms with Crippen molar-refractivity contribution < 1.29 is 19.1 Å². The standard InChI is InChI=1S/C18H25NO4S/c1-3-23-18(21)12-7-6-10-19(11-12)17(20)16-15(22-2)13-8-4-5-9-14(13)24-16/h12H,3-11H2,1-2H3. The molecule has 0 spiro atoms. The number of aryl methyl sites for hydroxylation is 1. The van der Waals surface area contributed by atoms with E-state index < -0.39 is 0 Å². The van der Waals surface area contributed by atoms with Gasteiger partial charge in [-0.2, -0.15) is 0 Å². The molecule has 1 saturated heterocycles. The van der Waals surface area contributed by atoms with E-state index >= 15 is 0 Å². The fourth-order valence-corrected chi connectivity index (χ4v) is 4.98. The van der Waals surface area contributed by atoms with E-state index in [-0.39, 0.29) is 17.8 Å². The summed E-state index contributed by atoms with van der Waals surface area (Å²) < 4.78 is 10.7. The molecule has 0 N–H and O–H groups in total. The van der Waals surface area contributed by atoms with Gasteiger partial charge in [-0.1, -0.05) is 0 Å². The molecule has 0 bridgehead atoms. The number of nitrogens with zero attached hydrogens (tertiary/aromatic N) is 1. The highest BCUT2D eigenvalue weighted by atomic mass is 32.1. The fourth-order valence-electron chi connectivity index (χ4n) is 3.65. The van der Waals surface area contributed by atoms with Crippen LogP contribution in [0.5, 0.6) is 5.75 Å². The van der Waals surface area contributed by atoms with Crippen LogP contribution in [0.2, 0.25) is 0 Å². The van der Waals surface area contributed by atoms with Crippen LogP contribution in [-0.2, 0) is 22.4 Å². The number of carbonyl (C=O) groups is 2. The molecule has 1 aliphatic carbocycles. The zero-order chi connectivity index (χ0) is 17.1. The summed E-state index contributed by atoms with van der Waals surface area (Å²) in [5.41, 5.74) is 1.22. The molecule has 1 aromatic heterocycles. The maximum atomic E-state index is 13.0. The average molecular weight is 351 g/mol. The number of piperidine rings is 1. The van der Waals surface area contributed by atoms with Crippen molar-refractivity contribution in [1.82, 2.24) is 4.90 Å². The number of thiophene rings is 1. The maximum Gasteiger partial charge on any atom is 0.310 e. The number of amides is 1. The summed E-state index contributed by atoms with van der Waals surface area (Å²) in [5.74, 6) is 0.369. The SMILES string of the molecule is CCOC(=O)C1CCCN(C(=O)c2sc3c(c2OC)CCCC3)C1. The molecule has 2 heterocycles. The number of likely N-dealkylation sites (tertiary alicyclic amines) is 1. The van der Waals surface area contributed by atoms with E-state index in [2.05, 4.69) is 0 Å². The van der Waals surface area contributed by atoms with Gasteiger partial charge in [0.05, 0.1) is 19.6 Å². The van der Waals surface area contributed by atoms with Gasteiger partial charge in [0.1, 0.15) is 10.6 Å². The number of ether oxygens (including phenoxy) is 2. The van der Waals surface area contributed by atoms with E-state index in [9.17, 15) is 9.59 Å². The largest absolute Gasteiger partial charge is 0.495 e. The van der Waals surface area contributed by atoms with Gasteiger partial charge in [-0.25, -0.2) is 0 Å². The van der Waals surface area contributed by atoms with Gasteiger partial charge >= 0.3 is 5.97 Å². The molecule has 132 valence electrons. The van der Waals surface area contributed by atoms with Crippen LogP contribution in [0.3, 0.4) is 0 Å². The predicted octanol–water partition coefficient (Wildman–Crippen LogP) is 3.05. The maximum absolute atomic E-state index is 13.0. The molecule has 1 unspecified atom stereocenters. The minimum Gasteiger partial charge on any atom is -0.495 e. The van der Waals surface area contributed by atoms with Crippen molar-refractivity contribution in [3.8, 4) is 5.75 Å². The Labute approximate surface area is 146 Å². The van der Waals surface area contributed by atoms with Gasteiger partial charge in [0.25, 0.3) is 5.91 Å². The van der Waals surface area contributed by atoms with Gasteiger partial charge in [-0.3, -0.25) is 9.59 Å². The molecule has 1 fully saturated rings. The lowest BCUT2D eigenvalue weighted by molar-refractivity contribution is -0.149. The Hall–Kier alpha value is -1.56. The summed E-state index contributed by atoms with van der Waals surface area (Å²) in [4.78, 5) is 28.8. The Morgan fingerprint density at radius 1 is 1.25 bits per heavy atom. The highest BCUT2D eigenvalue weighted by Gasteiger charge is 2.33. The van der Waals surface area contributed by atoms with Crippen LogP contribution >= 0.6 is 11.3 Å². The Morgan fingerprint density at radius 2 is 2.04 bits per heavy atom. The second-order valence-electron chi connectivity index (χ2n) is 6.42. The van der Waals surface area contributed by atoms with Crippen LogP contribution in [-0.4, -0.2) is 43.6 Å². The summed E-state index contributed by atoms with van der Waals surface area (Å²) >= 11 is 1.58. The van der Waals surface area contributed by atoms with Gasteiger partial charge < -0.3 is 14.4 Å². The number of fused-ring (bicyclic) bond motifs is 1. The minimum atomic E-state index is -0.205. The quantitative estimate of drug-likeness (QED) is 0.783. The second kappa shape index (κ2) is 7.55. The number of rotatable bonds is 4. The summed E-state index contributed by atoms with van der Waals surface area (Å²) in [6, 6.07) is 0. The first-order valence-electron chi connectivity index (χ1n) is 8.80. The smallest absolute Gasteiger partial charge is 0.310 e. The molecule has 24 heavy (non-hydrogen) atoms. The molecule has 6 heteroatoms. The van der Waals surface area contributed by atoms with Crippen molar-refractivity contribution >= 4 is 23.2 Å². The van der Waals surface area contributed by atoms with Crippen LogP contribution in [0.25, 0.3) is 0 Å². The van der Waals surface area contributed by atoms with Gasteiger partial charge in [-0.15, -0.1) is 11.3 Å². The summed E-state index contributed by atoms with van der Waals surface area (Å²) in [6.07, 6.45) is 5.99. The fraction of sp³-hybridized carbons (Fsp3) is 0.667. The molecular formula is C18H25NO4S. The number of esters is 1. The highest BCUT2D eigenvalue weighted by molar-refractivity contribution is 7.14. The number of hydrogen-bond acceptors (Lipinski definition) is 5. The van der Waals surface area contributed by atoms with Crippen molar-refractivity contribution in [3.63, 3.8) is 0 Å². The molecule has 0 radical (unpaired) electrons. The monoisotopic (exact) mass is 351 g/mol. The first-order chi connectivity index (χ1) is 11.7. The Morgan fingerprint density at radius 3 is 2.79 bits per heavy atom. The minimum absolute atomic E-state index is 0.000230. The molecule has 0 saturated carbocycles. The van der Waals surface area contributed by atoms with Crippen molar-refractivity contribution in [1.29, 1.82) is 0 Å². The summed E-state index contributed by atoms with van der Waals surface area (Å²) in [5, 5.41) is 0. The normalized spacial score (nSPS) is 20.4. The Balaban J connectivity index is 1.79. The van der Waals surface area contributed by atoms with Crippen LogP contribution < -0.4 is 4.74 Å². The van der Waals surface area contributed by atoms with Crippen LogP contribution in [0, 0.1) is 5.92 Å². The summed E-state index contributed by atoms with van der Waals surface area (Å²) in [6.45, 7) is 3.34. The third-order valence-corrected chi connectivity index (χ3v) is 6.11. The molecule has 2 aliphatic rings. The molecule has 1 aliphatic heterocycles. The lowest BCUT2D eigenvalue weighted by atomic mass is 9.97. The van der Waals surface area contributed by atoms with Gasteiger partial charge in [0.15, 0.2) is 0 Å². The van der Waals surface area contributed by atoms with Crippen molar-refractivity contribution in [2.45, 2.75) is 45.4 Å². The lowest BCUT2D eigenvalue weighted by Crippen LogP contribution is -2.42. The molecule has 3 rings (SSSR count). The van der Waals surface area contributed by atoms with Gasteiger partial charge in [-0.05, 0) is 45.4 Å². The van der Waals surface area contributed by atoms with Crippen LogP contribution in [0.1, 0.15) is 52.7 Å². The van der Waals surface area contributed by atoms with Gasteiger partial charge in [0.2, 0.25) is 0 Å². The summed E-state index contributed by atoms with van der Waals surface area (Å²) in [7, 11) is 1.64. The van der Waals surface area contributed by atoms with Crippen LogP contribution in [0.4, 0.5) is 0 Å². The molecule has 5 nitrogen and oxygen atoms in total. The Bertz CT molecular complexity index is 625. The molecule has 1 aromatic rings. The predicted molar refractivity (Wildman–Crippen MR) is 92.8 cm³/mol. The third kappa shape index (κ3) is 3.29. The van der Waals surface area contributed by atoms with Crippen molar-refractivity contribution in [3.05, 3.63) is 15.3 Å². The molecule has 0 aromatic carbocycles. The van der Waals surface area contributed by atoms with E-state index in [0.29, 0.717) is 24.6 Å². The van der Waals surface area contributed by atoms with Crippen molar-refractivity contribution in [2.75, 3.05) is 26.8 Å². The molecule has 1 amide bonds. The average Bonchev–Trinajstić information content (AvgIpc) is 3.00. The zero-order valence-corrected chi connectivity index (χ0v) is 15.2. The van der Waals surface area contributed by atoms with Gasteiger partial charge in [0, 0.05) is 23.5 Å². The van der Waals surface area contributed by atoms with E-state index in [1.165, 1.54) is 16.9 Å². The molecular weight excluding hydrogens is 326 g/mol.